The second-order valence-corrected chi connectivity index (χ2v) is 6.94. The number of hydrogen-bond donors (Lipinski definition) is 1. The number of hydrogen-bond acceptors (Lipinski definition) is 2. The molecule has 1 saturated heterocycles. The first-order chi connectivity index (χ1) is 8.79. The van der Waals surface area contributed by atoms with Crippen LogP contribution in [-0.4, -0.2) is 36.1 Å². The summed E-state index contributed by atoms with van der Waals surface area (Å²) in [6.45, 7) is 7.38. The van der Waals surface area contributed by atoms with Gasteiger partial charge in [0, 0.05) is 31.2 Å². The molecule has 0 bridgehead atoms. The van der Waals surface area contributed by atoms with E-state index in [0.29, 0.717) is 0 Å². The van der Waals surface area contributed by atoms with Crippen LogP contribution in [0.5, 0.6) is 0 Å². The standard InChI is InChI=1S/C16H30N2/c1-3-12(2)16-10-17-15(13-8-9-13)11-18(16)14-6-4-5-7-14/h12-17H,3-11H2,1-2H3. The van der Waals surface area contributed by atoms with Crippen molar-refractivity contribution in [3.63, 3.8) is 0 Å². The SMILES string of the molecule is CCC(C)C1CNC(C2CC2)CN1C1CCCC1. The Kier molecular flexibility index (Phi) is 3.95. The van der Waals surface area contributed by atoms with Crippen LogP contribution < -0.4 is 5.32 Å². The van der Waals surface area contributed by atoms with Crippen LogP contribution in [0.3, 0.4) is 0 Å². The van der Waals surface area contributed by atoms with Gasteiger partial charge in [-0.3, -0.25) is 4.90 Å². The molecule has 3 rings (SSSR count). The van der Waals surface area contributed by atoms with Crippen LogP contribution in [0.1, 0.15) is 58.8 Å². The Morgan fingerprint density at radius 1 is 1.17 bits per heavy atom. The van der Waals surface area contributed by atoms with Gasteiger partial charge in [0.05, 0.1) is 0 Å². The molecule has 0 aromatic heterocycles. The molecule has 0 amide bonds. The van der Waals surface area contributed by atoms with Gasteiger partial charge in [0.2, 0.25) is 0 Å². The maximum Gasteiger partial charge on any atom is 0.0249 e. The molecule has 18 heavy (non-hydrogen) atoms. The second kappa shape index (κ2) is 5.50. The molecule has 0 aromatic rings. The lowest BCUT2D eigenvalue weighted by atomic mass is 9.91. The predicted molar refractivity (Wildman–Crippen MR) is 76.7 cm³/mol. The van der Waals surface area contributed by atoms with Gasteiger partial charge in [-0.1, -0.05) is 33.1 Å². The van der Waals surface area contributed by atoms with Gasteiger partial charge in [-0.25, -0.2) is 0 Å². The molecule has 3 aliphatic rings. The van der Waals surface area contributed by atoms with Crippen LogP contribution in [0.2, 0.25) is 0 Å². The van der Waals surface area contributed by atoms with E-state index in [9.17, 15) is 0 Å². The minimum Gasteiger partial charge on any atom is -0.311 e. The third kappa shape index (κ3) is 2.60. The minimum atomic E-state index is 0.799. The lowest BCUT2D eigenvalue weighted by Crippen LogP contribution is -2.61. The summed E-state index contributed by atoms with van der Waals surface area (Å²) in [7, 11) is 0. The fourth-order valence-corrected chi connectivity index (χ4v) is 4.09. The fourth-order valence-electron chi connectivity index (χ4n) is 4.09. The minimum absolute atomic E-state index is 0.799. The van der Waals surface area contributed by atoms with Gasteiger partial charge in [0.15, 0.2) is 0 Å². The van der Waals surface area contributed by atoms with Crippen LogP contribution in [0.15, 0.2) is 0 Å². The monoisotopic (exact) mass is 250 g/mol. The Labute approximate surface area is 113 Å². The largest absolute Gasteiger partial charge is 0.311 e. The Morgan fingerprint density at radius 2 is 1.89 bits per heavy atom. The molecule has 1 N–H and O–H groups in total. The van der Waals surface area contributed by atoms with Gasteiger partial charge in [0.25, 0.3) is 0 Å². The molecule has 3 atom stereocenters. The zero-order valence-corrected chi connectivity index (χ0v) is 12.2. The van der Waals surface area contributed by atoms with Crippen LogP contribution in [0.25, 0.3) is 0 Å². The molecule has 2 heteroatoms. The van der Waals surface area contributed by atoms with Crippen molar-refractivity contribution in [1.82, 2.24) is 10.2 Å². The highest BCUT2D eigenvalue weighted by Gasteiger charge is 2.41. The van der Waals surface area contributed by atoms with E-state index in [-0.39, 0.29) is 0 Å². The molecule has 2 nitrogen and oxygen atoms in total. The summed E-state index contributed by atoms with van der Waals surface area (Å²) in [6, 6.07) is 2.52. The Bertz CT molecular complexity index is 268. The summed E-state index contributed by atoms with van der Waals surface area (Å²) in [5, 5.41) is 3.86. The summed E-state index contributed by atoms with van der Waals surface area (Å²) < 4.78 is 0. The van der Waals surface area contributed by atoms with E-state index in [1.807, 2.05) is 0 Å². The second-order valence-electron chi connectivity index (χ2n) is 6.94. The topological polar surface area (TPSA) is 15.3 Å². The molecular weight excluding hydrogens is 220 g/mol. The molecular formula is C16H30N2. The van der Waals surface area contributed by atoms with Crippen LogP contribution >= 0.6 is 0 Å². The van der Waals surface area contributed by atoms with Gasteiger partial charge in [-0.05, 0) is 37.5 Å². The quantitative estimate of drug-likeness (QED) is 0.825. The van der Waals surface area contributed by atoms with Crippen molar-refractivity contribution in [3.8, 4) is 0 Å². The van der Waals surface area contributed by atoms with Crippen molar-refractivity contribution in [2.24, 2.45) is 11.8 Å². The van der Waals surface area contributed by atoms with E-state index in [1.54, 1.807) is 0 Å². The molecule has 104 valence electrons. The Morgan fingerprint density at radius 3 is 2.50 bits per heavy atom. The van der Waals surface area contributed by atoms with Crippen molar-refractivity contribution >= 4 is 0 Å². The summed E-state index contributed by atoms with van der Waals surface area (Å²) >= 11 is 0. The molecule has 2 saturated carbocycles. The van der Waals surface area contributed by atoms with Crippen molar-refractivity contribution in [3.05, 3.63) is 0 Å². The van der Waals surface area contributed by atoms with Crippen molar-refractivity contribution in [2.45, 2.75) is 76.9 Å². The summed E-state index contributed by atoms with van der Waals surface area (Å²) in [6.07, 6.45) is 10.1. The summed E-state index contributed by atoms with van der Waals surface area (Å²) in [5.41, 5.74) is 0. The Hall–Kier alpha value is -0.0800. The average molecular weight is 250 g/mol. The van der Waals surface area contributed by atoms with Gasteiger partial charge < -0.3 is 5.32 Å². The van der Waals surface area contributed by atoms with Gasteiger partial charge in [0.1, 0.15) is 0 Å². The number of nitrogens with one attached hydrogen (secondary N) is 1. The molecule has 3 unspecified atom stereocenters. The first-order valence-corrected chi connectivity index (χ1v) is 8.28. The fraction of sp³-hybridized carbons (Fsp3) is 1.00. The van der Waals surface area contributed by atoms with E-state index in [0.717, 1.165) is 30.0 Å². The van der Waals surface area contributed by atoms with Crippen molar-refractivity contribution in [2.75, 3.05) is 13.1 Å². The van der Waals surface area contributed by atoms with E-state index in [4.69, 9.17) is 0 Å². The average Bonchev–Trinajstić information content (AvgIpc) is 3.12. The van der Waals surface area contributed by atoms with Crippen molar-refractivity contribution in [1.29, 1.82) is 0 Å². The lowest BCUT2D eigenvalue weighted by Gasteiger charge is -2.46. The highest BCUT2D eigenvalue weighted by atomic mass is 15.3. The summed E-state index contributed by atoms with van der Waals surface area (Å²) in [4.78, 5) is 2.92. The predicted octanol–water partition coefficient (Wildman–Crippen LogP) is 3.03. The third-order valence-electron chi connectivity index (χ3n) is 5.71. The molecule has 1 heterocycles. The van der Waals surface area contributed by atoms with Crippen LogP contribution in [0, 0.1) is 11.8 Å². The van der Waals surface area contributed by atoms with Crippen LogP contribution in [-0.2, 0) is 0 Å². The smallest absolute Gasteiger partial charge is 0.0249 e. The van der Waals surface area contributed by atoms with E-state index in [2.05, 4.69) is 24.1 Å². The normalized spacial score (nSPS) is 37.0. The molecule has 3 fully saturated rings. The van der Waals surface area contributed by atoms with E-state index in [1.165, 1.54) is 58.0 Å². The first-order valence-electron chi connectivity index (χ1n) is 8.28. The maximum atomic E-state index is 3.86. The number of nitrogens with zero attached hydrogens (tertiary/aromatic N) is 1. The number of rotatable bonds is 4. The molecule has 1 aliphatic heterocycles. The zero-order chi connectivity index (χ0) is 12.5. The van der Waals surface area contributed by atoms with Gasteiger partial charge in [-0.2, -0.15) is 0 Å². The maximum absolute atomic E-state index is 3.86. The van der Waals surface area contributed by atoms with Crippen molar-refractivity contribution < 1.29 is 0 Å². The van der Waals surface area contributed by atoms with E-state index < -0.39 is 0 Å². The molecule has 0 radical (unpaired) electrons. The van der Waals surface area contributed by atoms with Gasteiger partial charge >= 0.3 is 0 Å². The Balaban J connectivity index is 1.68. The highest BCUT2D eigenvalue weighted by Crippen LogP contribution is 2.37. The van der Waals surface area contributed by atoms with Crippen LogP contribution in [0.4, 0.5) is 0 Å². The molecule has 0 spiro atoms. The van der Waals surface area contributed by atoms with Gasteiger partial charge in [-0.15, -0.1) is 0 Å². The van der Waals surface area contributed by atoms with E-state index >= 15 is 0 Å². The lowest BCUT2D eigenvalue weighted by molar-refractivity contribution is 0.0476. The summed E-state index contributed by atoms with van der Waals surface area (Å²) in [5.74, 6) is 1.85. The highest BCUT2D eigenvalue weighted by molar-refractivity contribution is 4.98. The molecule has 2 aliphatic carbocycles. The first kappa shape index (κ1) is 12.9. The zero-order valence-electron chi connectivity index (χ0n) is 12.2. The molecule has 0 aromatic carbocycles. The third-order valence-corrected chi connectivity index (χ3v) is 5.71. The number of piperazine rings is 1.